The van der Waals surface area contributed by atoms with Crippen molar-refractivity contribution in [1.82, 2.24) is 20.3 Å². The van der Waals surface area contributed by atoms with Crippen LogP contribution in [0, 0.1) is 0 Å². The van der Waals surface area contributed by atoms with Crippen LogP contribution >= 0.6 is 0 Å². The third-order valence-electron chi connectivity index (χ3n) is 1.69. The van der Waals surface area contributed by atoms with Crippen molar-refractivity contribution in [2.24, 2.45) is 5.73 Å². The first-order valence-electron chi connectivity index (χ1n) is 4.70. The van der Waals surface area contributed by atoms with Crippen LogP contribution in [-0.4, -0.2) is 45.2 Å². The molecule has 0 aromatic carbocycles. The molecule has 1 aromatic heterocycles. The maximum Gasteiger partial charge on any atom is 0.273 e. The molecular formula is C8H15N5O2. The lowest BCUT2D eigenvalue weighted by Gasteiger charge is -2.04. The van der Waals surface area contributed by atoms with E-state index in [0.29, 0.717) is 13.1 Å². The number of aromatic nitrogens is 3. The first-order valence-corrected chi connectivity index (χ1v) is 4.70. The van der Waals surface area contributed by atoms with Gasteiger partial charge in [-0.05, 0) is 6.92 Å². The number of hydrogen-bond acceptors (Lipinski definition) is 5. The summed E-state index contributed by atoms with van der Waals surface area (Å²) < 4.78 is 1.50. The van der Waals surface area contributed by atoms with Crippen LogP contribution in [0.2, 0.25) is 0 Å². The minimum Gasteiger partial charge on any atom is -0.392 e. The maximum atomic E-state index is 11.4. The van der Waals surface area contributed by atoms with E-state index in [1.54, 1.807) is 6.92 Å². The van der Waals surface area contributed by atoms with Crippen molar-refractivity contribution in [3.63, 3.8) is 0 Å². The Labute approximate surface area is 87.3 Å². The van der Waals surface area contributed by atoms with Crippen LogP contribution in [0.25, 0.3) is 0 Å². The Hall–Kier alpha value is -1.47. The molecule has 0 unspecified atom stereocenters. The van der Waals surface area contributed by atoms with E-state index in [1.165, 1.54) is 10.9 Å². The average molecular weight is 213 g/mol. The summed E-state index contributed by atoms with van der Waals surface area (Å²) in [5.41, 5.74) is 5.55. The lowest BCUT2D eigenvalue weighted by atomic mass is 10.4. The molecule has 0 bridgehead atoms. The van der Waals surface area contributed by atoms with Crippen molar-refractivity contribution in [3.8, 4) is 0 Å². The predicted octanol–water partition coefficient (Wildman–Crippen LogP) is -1.65. The maximum absolute atomic E-state index is 11.4. The van der Waals surface area contributed by atoms with Crippen molar-refractivity contribution in [2.75, 3.05) is 13.1 Å². The molecular weight excluding hydrogens is 198 g/mol. The fourth-order valence-electron chi connectivity index (χ4n) is 0.975. The summed E-state index contributed by atoms with van der Waals surface area (Å²) in [6, 6.07) is 0. The molecule has 0 radical (unpaired) electrons. The van der Waals surface area contributed by atoms with Gasteiger partial charge in [-0.2, -0.15) is 0 Å². The van der Waals surface area contributed by atoms with E-state index in [9.17, 15) is 4.79 Å². The number of aliphatic hydroxyl groups is 1. The predicted molar refractivity (Wildman–Crippen MR) is 53.1 cm³/mol. The normalized spacial score (nSPS) is 12.5. The summed E-state index contributed by atoms with van der Waals surface area (Å²) >= 11 is 0. The summed E-state index contributed by atoms with van der Waals surface area (Å²) in [5, 5.41) is 18.9. The van der Waals surface area contributed by atoms with Crippen LogP contribution in [-0.2, 0) is 6.54 Å². The lowest BCUT2D eigenvalue weighted by molar-refractivity contribution is 0.0919. The fourth-order valence-corrected chi connectivity index (χ4v) is 0.975. The van der Waals surface area contributed by atoms with Gasteiger partial charge in [0.2, 0.25) is 0 Å². The molecule has 0 aliphatic rings. The Kier molecular flexibility index (Phi) is 4.19. The Morgan fingerprint density at radius 1 is 1.80 bits per heavy atom. The molecule has 1 amide bonds. The van der Waals surface area contributed by atoms with Gasteiger partial charge < -0.3 is 16.2 Å². The zero-order valence-corrected chi connectivity index (χ0v) is 8.55. The minimum atomic E-state index is -0.576. The molecule has 0 spiro atoms. The number of carbonyl (C=O) groups is 1. The highest BCUT2D eigenvalue weighted by molar-refractivity contribution is 5.91. The van der Waals surface area contributed by atoms with Gasteiger partial charge in [-0.15, -0.1) is 5.10 Å². The standard InChI is InChI=1S/C8H15N5O2/c1-6(14)4-10-8(15)7-5-13(3-2-9)12-11-7/h5-6,14H,2-4,9H2,1H3,(H,10,15)/t6-/m0/s1. The van der Waals surface area contributed by atoms with Gasteiger partial charge in [-0.3, -0.25) is 9.48 Å². The third-order valence-corrected chi connectivity index (χ3v) is 1.69. The van der Waals surface area contributed by atoms with Gasteiger partial charge in [0, 0.05) is 13.1 Å². The zero-order valence-electron chi connectivity index (χ0n) is 8.55. The molecule has 1 heterocycles. The summed E-state index contributed by atoms with van der Waals surface area (Å²) in [6.07, 6.45) is 0.942. The molecule has 7 nitrogen and oxygen atoms in total. The number of nitrogens with one attached hydrogen (secondary N) is 1. The van der Waals surface area contributed by atoms with E-state index in [1.807, 2.05) is 0 Å². The van der Waals surface area contributed by atoms with Crippen molar-refractivity contribution in [2.45, 2.75) is 19.6 Å². The number of nitrogens with two attached hydrogens (primary N) is 1. The SMILES string of the molecule is C[C@H](O)CNC(=O)c1cn(CCN)nn1. The summed E-state index contributed by atoms with van der Waals surface area (Å²) in [6.45, 7) is 2.75. The number of carbonyl (C=O) groups excluding carboxylic acids is 1. The van der Waals surface area contributed by atoms with Gasteiger partial charge in [-0.25, -0.2) is 0 Å². The number of hydrogen-bond donors (Lipinski definition) is 3. The van der Waals surface area contributed by atoms with Crippen LogP contribution < -0.4 is 11.1 Å². The Morgan fingerprint density at radius 3 is 3.13 bits per heavy atom. The second-order valence-corrected chi connectivity index (χ2v) is 3.21. The van der Waals surface area contributed by atoms with E-state index in [-0.39, 0.29) is 18.1 Å². The lowest BCUT2D eigenvalue weighted by Crippen LogP contribution is -2.30. The van der Waals surface area contributed by atoms with Crippen LogP contribution in [0.5, 0.6) is 0 Å². The molecule has 4 N–H and O–H groups in total. The van der Waals surface area contributed by atoms with E-state index in [2.05, 4.69) is 15.6 Å². The smallest absolute Gasteiger partial charge is 0.273 e. The number of nitrogens with zero attached hydrogens (tertiary/aromatic N) is 3. The van der Waals surface area contributed by atoms with Gasteiger partial charge in [0.1, 0.15) is 0 Å². The number of aliphatic hydroxyl groups excluding tert-OH is 1. The average Bonchev–Trinajstić information content (AvgIpc) is 2.63. The summed E-state index contributed by atoms with van der Waals surface area (Å²) in [5.74, 6) is -0.348. The largest absolute Gasteiger partial charge is 0.392 e. The monoisotopic (exact) mass is 213 g/mol. The highest BCUT2D eigenvalue weighted by Crippen LogP contribution is 1.92. The van der Waals surface area contributed by atoms with E-state index >= 15 is 0 Å². The van der Waals surface area contributed by atoms with Crippen LogP contribution in [0.15, 0.2) is 6.20 Å². The topological polar surface area (TPSA) is 106 Å². The summed E-state index contributed by atoms with van der Waals surface area (Å²) in [7, 11) is 0. The minimum absolute atomic E-state index is 0.197. The molecule has 84 valence electrons. The third kappa shape index (κ3) is 3.64. The molecule has 0 aliphatic heterocycles. The molecule has 0 saturated carbocycles. The highest BCUT2D eigenvalue weighted by Gasteiger charge is 2.10. The van der Waals surface area contributed by atoms with Crippen molar-refractivity contribution in [1.29, 1.82) is 0 Å². The zero-order chi connectivity index (χ0) is 11.3. The second-order valence-electron chi connectivity index (χ2n) is 3.21. The Bertz CT molecular complexity index is 323. The molecule has 1 rings (SSSR count). The van der Waals surface area contributed by atoms with Gasteiger partial charge in [0.05, 0.1) is 18.8 Å². The molecule has 0 fully saturated rings. The highest BCUT2D eigenvalue weighted by atomic mass is 16.3. The van der Waals surface area contributed by atoms with Gasteiger partial charge in [0.15, 0.2) is 5.69 Å². The summed E-state index contributed by atoms with van der Waals surface area (Å²) in [4.78, 5) is 11.4. The quantitative estimate of drug-likeness (QED) is 0.543. The second kappa shape index (κ2) is 5.42. The first-order chi connectivity index (χ1) is 7.13. The van der Waals surface area contributed by atoms with Crippen molar-refractivity contribution >= 4 is 5.91 Å². The van der Waals surface area contributed by atoms with E-state index < -0.39 is 6.10 Å². The molecule has 1 aromatic rings. The Balaban J connectivity index is 2.50. The fraction of sp³-hybridized carbons (Fsp3) is 0.625. The van der Waals surface area contributed by atoms with Gasteiger partial charge in [-0.1, -0.05) is 5.21 Å². The first kappa shape index (κ1) is 11.6. The van der Waals surface area contributed by atoms with Crippen LogP contribution in [0.3, 0.4) is 0 Å². The Morgan fingerprint density at radius 2 is 2.53 bits per heavy atom. The number of amides is 1. The van der Waals surface area contributed by atoms with Gasteiger partial charge >= 0.3 is 0 Å². The van der Waals surface area contributed by atoms with E-state index in [4.69, 9.17) is 10.8 Å². The van der Waals surface area contributed by atoms with Crippen LogP contribution in [0.4, 0.5) is 0 Å². The molecule has 7 heteroatoms. The van der Waals surface area contributed by atoms with E-state index in [0.717, 1.165) is 0 Å². The van der Waals surface area contributed by atoms with Crippen molar-refractivity contribution < 1.29 is 9.90 Å². The van der Waals surface area contributed by atoms with Crippen LogP contribution in [0.1, 0.15) is 17.4 Å². The van der Waals surface area contributed by atoms with Gasteiger partial charge in [0.25, 0.3) is 5.91 Å². The number of rotatable bonds is 5. The van der Waals surface area contributed by atoms with Crippen molar-refractivity contribution in [3.05, 3.63) is 11.9 Å². The molecule has 0 aliphatic carbocycles. The molecule has 15 heavy (non-hydrogen) atoms. The molecule has 0 saturated heterocycles. The molecule has 1 atom stereocenters.